The Kier molecular flexibility index (Phi) is 6.45. The van der Waals surface area contributed by atoms with Crippen LogP contribution in [-0.4, -0.2) is 61.5 Å². The molecule has 5 heteroatoms. The summed E-state index contributed by atoms with van der Waals surface area (Å²) in [6.07, 6.45) is 5.58. The van der Waals surface area contributed by atoms with E-state index in [1.54, 1.807) is 12.0 Å². The van der Waals surface area contributed by atoms with Crippen LogP contribution in [0, 0.1) is 5.92 Å². The van der Waals surface area contributed by atoms with Crippen LogP contribution in [0.5, 0.6) is 0 Å². The summed E-state index contributed by atoms with van der Waals surface area (Å²) in [6, 6.07) is -0.121. The van der Waals surface area contributed by atoms with Crippen LogP contribution in [-0.2, 0) is 14.3 Å². The molecule has 0 bridgehead atoms. The molecule has 1 aliphatic carbocycles. The van der Waals surface area contributed by atoms with Crippen LogP contribution >= 0.6 is 0 Å². The Bertz CT molecular complexity index is 330. The maximum absolute atomic E-state index is 12.5. The lowest BCUT2D eigenvalue weighted by atomic mass is 9.95. The summed E-state index contributed by atoms with van der Waals surface area (Å²) < 4.78 is 10.7. The molecule has 122 valence electrons. The molecule has 1 saturated carbocycles. The van der Waals surface area contributed by atoms with Crippen LogP contribution in [0.4, 0.5) is 0 Å². The second-order valence-electron chi connectivity index (χ2n) is 6.38. The first-order chi connectivity index (χ1) is 10.1. The molecule has 3 atom stereocenters. The summed E-state index contributed by atoms with van der Waals surface area (Å²) in [4.78, 5) is 14.3. The second kappa shape index (κ2) is 8.11. The molecule has 1 amide bonds. The van der Waals surface area contributed by atoms with Crippen molar-refractivity contribution in [2.24, 2.45) is 5.92 Å². The number of hydrogen-bond donors (Lipinski definition) is 1. The van der Waals surface area contributed by atoms with E-state index >= 15 is 0 Å². The van der Waals surface area contributed by atoms with Crippen molar-refractivity contribution >= 4 is 5.91 Å². The minimum atomic E-state index is -0.582. The molecule has 5 nitrogen and oxygen atoms in total. The first kappa shape index (κ1) is 16.7. The van der Waals surface area contributed by atoms with Crippen LogP contribution in [0.25, 0.3) is 0 Å². The van der Waals surface area contributed by atoms with Gasteiger partial charge in [-0.25, -0.2) is 0 Å². The average molecular weight is 299 g/mol. The highest BCUT2D eigenvalue weighted by atomic mass is 16.5. The Morgan fingerprint density at radius 2 is 1.90 bits per heavy atom. The van der Waals surface area contributed by atoms with Crippen molar-refractivity contribution in [3.05, 3.63) is 0 Å². The normalized spacial score (nSPS) is 31.7. The van der Waals surface area contributed by atoms with Gasteiger partial charge in [-0.05, 0) is 31.6 Å². The van der Waals surface area contributed by atoms with Crippen molar-refractivity contribution in [1.82, 2.24) is 4.90 Å². The number of likely N-dealkylation sites (N-methyl/N-ethyl adjacent to an activating group) is 1. The number of carbonyl (C=O) groups excluding carboxylic acids is 1. The van der Waals surface area contributed by atoms with Gasteiger partial charge in [0.15, 0.2) is 0 Å². The van der Waals surface area contributed by atoms with E-state index in [4.69, 9.17) is 9.47 Å². The summed E-state index contributed by atoms with van der Waals surface area (Å²) in [6.45, 7) is 1.53. The van der Waals surface area contributed by atoms with Gasteiger partial charge in [0, 0.05) is 33.8 Å². The van der Waals surface area contributed by atoms with Gasteiger partial charge in [0.05, 0.1) is 12.1 Å². The summed E-state index contributed by atoms with van der Waals surface area (Å²) in [5, 5.41) is 10.5. The van der Waals surface area contributed by atoms with Crippen LogP contribution in [0.3, 0.4) is 0 Å². The topological polar surface area (TPSA) is 59.0 Å². The van der Waals surface area contributed by atoms with Gasteiger partial charge in [0.1, 0.15) is 6.10 Å². The number of nitrogens with zero attached hydrogens (tertiary/aromatic N) is 1. The van der Waals surface area contributed by atoms with Crippen molar-refractivity contribution in [2.45, 2.75) is 63.2 Å². The molecule has 0 aromatic carbocycles. The van der Waals surface area contributed by atoms with E-state index in [2.05, 4.69) is 0 Å². The number of amides is 1. The molecule has 0 aromatic heterocycles. The number of hydrogen-bond acceptors (Lipinski definition) is 4. The number of aliphatic hydroxyl groups excluding tert-OH is 1. The van der Waals surface area contributed by atoms with Gasteiger partial charge in [0.2, 0.25) is 5.91 Å². The molecule has 2 fully saturated rings. The van der Waals surface area contributed by atoms with Crippen molar-refractivity contribution in [1.29, 1.82) is 0 Å². The summed E-state index contributed by atoms with van der Waals surface area (Å²) >= 11 is 0. The maximum atomic E-state index is 12.5. The van der Waals surface area contributed by atoms with E-state index < -0.39 is 6.10 Å². The Balaban J connectivity index is 1.92. The molecular weight excluding hydrogens is 270 g/mol. The number of carbonyl (C=O) groups is 1. The minimum Gasteiger partial charge on any atom is -0.388 e. The lowest BCUT2D eigenvalue weighted by molar-refractivity contribution is -0.138. The number of ether oxygens (including phenoxy) is 2. The highest BCUT2D eigenvalue weighted by molar-refractivity contribution is 5.76. The predicted molar refractivity (Wildman–Crippen MR) is 80.0 cm³/mol. The van der Waals surface area contributed by atoms with E-state index in [0.717, 1.165) is 51.7 Å². The maximum Gasteiger partial charge on any atom is 0.222 e. The molecule has 1 N–H and O–H groups in total. The second-order valence-corrected chi connectivity index (χ2v) is 6.38. The third-order valence-corrected chi connectivity index (χ3v) is 5.01. The summed E-state index contributed by atoms with van der Waals surface area (Å²) in [5.74, 6) is 0.567. The van der Waals surface area contributed by atoms with Crippen LogP contribution < -0.4 is 0 Å². The van der Waals surface area contributed by atoms with Gasteiger partial charge in [-0.15, -0.1) is 0 Å². The van der Waals surface area contributed by atoms with Gasteiger partial charge >= 0.3 is 0 Å². The molecule has 1 saturated heterocycles. The molecule has 1 heterocycles. The highest BCUT2D eigenvalue weighted by Crippen LogP contribution is 2.26. The monoisotopic (exact) mass is 299 g/mol. The largest absolute Gasteiger partial charge is 0.388 e. The highest BCUT2D eigenvalue weighted by Gasteiger charge is 2.35. The van der Waals surface area contributed by atoms with Crippen molar-refractivity contribution in [3.63, 3.8) is 0 Å². The van der Waals surface area contributed by atoms with E-state index in [-0.39, 0.29) is 18.1 Å². The van der Waals surface area contributed by atoms with Gasteiger partial charge in [0.25, 0.3) is 0 Å². The van der Waals surface area contributed by atoms with Gasteiger partial charge < -0.3 is 19.5 Å². The zero-order valence-corrected chi connectivity index (χ0v) is 13.3. The SMILES string of the molecule is CO[C@@H]1CCCC[C@@H](N(C)C(=O)CC2CCOCC2)[C@H]1O. The number of methoxy groups -OCH3 is 1. The van der Waals surface area contributed by atoms with Crippen molar-refractivity contribution in [3.8, 4) is 0 Å². The third kappa shape index (κ3) is 4.41. The lowest BCUT2D eigenvalue weighted by Crippen LogP contribution is -2.49. The zero-order chi connectivity index (χ0) is 15.2. The zero-order valence-electron chi connectivity index (χ0n) is 13.3. The fourth-order valence-corrected chi connectivity index (χ4v) is 3.49. The molecule has 0 aromatic rings. The molecular formula is C16H29NO4. The first-order valence-corrected chi connectivity index (χ1v) is 8.17. The lowest BCUT2D eigenvalue weighted by Gasteiger charge is -2.34. The Hall–Kier alpha value is -0.650. The fraction of sp³-hybridized carbons (Fsp3) is 0.938. The third-order valence-electron chi connectivity index (χ3n) is 5.01. The fourth-order valence-electron chi connectivity index (χ4n) is 3.49. The molecule has 0 unspecified atom stereocenters. The average Bonchev–Trinajstić information content (AvgIpc) is 2.69. The standard InChI is InChI=1S/C16H29NO4/c1-17(15(18)11-12-7-9-21-10-8-12)13-5-3-4-6-14(20-2)16(13)19/h12-14,16,19H,3-11H2,1-2H3/t13-,14-,16-/m1/s1. The predicted octanol–water partition coefficient (Wildman–Crippen LogP) is 1.58. The van der Waals surface area contributed by atoms with Crippen molar-refractivity contribution in [2.75, 3.05) is 27.4 Å². The van der Waals surface area contributed by atoms with E-state index in [1.165, 1.54) is 0 Å². The molecule has 2 aliphatic rings. The molecule has 0 radical (unpaired) electrons. The summed E-state index contributed by atoms with van der Waals surface area (Å²) in [5.41, 5.74) is 0. The number of aliphatic hydroxyl groups is 1. The molecule has 2 rings (SSSR count). The molecule has 21 heavy (non-hydrogen) atoms. The molecule has 0 spiro atoms. The van der Waals surface area contributed by atoms with Gasteiger partial charge in [-0.2, -0.15) is 0 Å². The van der Waals surface area contributed by atoms with Crippen LogP contribution in [0.15, 0.2) is 0 Å². The minimum absolute atomic E-state index is 0.121. The first-order valence-electron chi connectivity index (χ1n) is 8.17. The smallest absolute Gasteiger partial charge is 0.222 e. The van der Waals surface area contributed by atoms with E-state index in [1.807, 2.05) is 7.05 Å². The quantitative estimate of drug-likeness (QED) is 0.801. The Labute approximate surface area is 127 Å². The van der Waals surface area contributed by atoms with Crippen LogP contribution in [0.1, 0.15) is 44.9 Å². The van der Waals surface area contributed by atoms with Crippen LogP contribution in [0.2, 0.25) is 0 Å². The molecule has 1 aliphatic heterocycles. The van der Waals surface area contributed by atoms with E-state index in [9.17, 15) is 9.90 Å². The number of rotatable bonds is 4. The van der Waals surface area contributed by atoms with Crippen molar-refractivity contribution < 1.29 is 19.4 Å². The van der Waals surface area contributed by atoms with E-state index in [0.29, 0.717) is 12.3 Å². The Morgan fingerprint density at radius 3 is 2.57 bits per heavy atom. The Morgan fingerprint density at radius 1 is 1.24 bits per heavy atom. The van der Waals surface area contributed by atoms with Gasteiger partial charge in [-0.1, -0.05) is 12.8 Å². The van der Waals surface area contributed by atoms with Gasteiger partial charge in [-0.3, -0.25) is 4.79 Å². The summed E-state index contributed by atoms with van der Waals surface area (Å²) in [7, 11) is 3.47.